The van der Waals surface area contributed by atoms with E-state index in [2.05, 4.69) is 0 Å². The summed E-state index contributed by atoms with van der Waals surface area (Å²) < 4.78 is 4.98. The third kappa shape index (κ3) is 1.23. The number of rotatable bonds is 1. The standard InChI is InChI=1S/C7H12O2/c1-3-6-4-5(2)7(8)9-6/h5-6H,3-4H2,1-2H3/t5-,6+/m0/s1. The highest BCUT2D eigenvalue weighted by Crippen LogP contribution is 2.21. The monoisotopic (exact) mass is 128 g/mol. The van der Waals surface area contributed by atoms with E-state index in [1.54, 1.807) is 0 Å². The lowest BCUT2D eigenvalue weighted by Gasteiger charge is -2.01. The van der Waals surface area contributed by atoms with Crippen molar-refractivity contribution in [3.05, 3.63) is 0 Å². The molecule has 1 aliphatic heterocycles. The van der Waals surface area contributed by atoms with Crippen LogP contribution < -0.4 is 0 Å². The Morgan fingerprint density at radius 1 is 1.78 bits per heavy atom. The molecule has 0 aromatic rings. The number of hydrogen-bond acceptors (Lipinski definition) is 2. The average Bonchev–Trinajstić information content (AvgIpc) is 2.13. The second-order valence-corrected chi connectivity index (χ2v) is 2.60. The van der Waals surface area contributed by atoms with Crippen molar-refractivity contribution < 1.29 is 9.53 Å². The molecule has 1 fully saturated rings. The Hall–Kier alpha value is -0.530. The maximum Gasteiger partial charge on any atom is 0.309 e. The van der Waals surface area contributed by atoms with Gasteiger partial charge in [0.2, 0.25) is 0 Å². The smallest absolute Gasteiger partial charge is 0.309 e. The second kappa shape index (κ2) is 2.38. The molecule has 0 spiro atoms. The molecule has 0 radical (unpaired) electrons. The lowest BCUT2D eigenvalue weighted by molar-refractivity contribution is -0.143. The van der Waals surface area contributed by atoms with E-state index in [4.69, 9.17) is 4.74 Å². The predicted molar refractivity (Wildman–Crippen MR) is 34.0 cm³/mol. The van der Waals surface area contributed by atoms with Crippen molar-refractivity contribution in [3.8, 4) is 0 Å². The summed E-state index contributed by atoms with van der Waals surface area (Å²) >= 11 is 0. The predicted octanol–water partition coefficient (Wildman–Crippen LogP) is 1.35. The first-order chi connectivity index (χ1) is 4.24. The molecule has 0 aromatic heterocycles. The van der Waals surface area contributed by atoms with E-state index < -0.39 is 0 Å². The van der Waals surface area contributed by atoms with E-state index in [9.17, 15) is 4.79 Å². The second-order valence-electron chi connectivity index (χ2n) is 2.60. The minimum absolute atomic E-state index is 0.0261. The van der Waals surface area contributed by atoms with Gasteiger partial charge in [0, 0.05) is 0 Å². The number of cyclic esters (lactones) is 1. The van der Waals surface area contributed by atoms with Crippen LogP contribution in [0.4, 0.5) is 0 Å². The first kappa shape index (κ1) is 6.59. The fourth-order valence-electron chi connectivity index (χ4n) is 1.07. The number of esters is 1. The Balaban J connectivity index is 2.44. The quantitative estimate of drug-likeness (QED) is 0.498. The van der Waals surface area contributed by atoms with Gasteiger partial charge >= 0.3 is 5.97 Å². The van der Waals surface area contributed by atoms with Crippen molar-refractivity contribution in [1.29, 1.82) is 0 Å². The molecule has 9 heavy (non-hydrogen) atoms. The molecule has 2 atom stereocenters. The Kier molecular flexibility index (Phi) is 1.74. The molecular formula is C7H12O2. The number of carbonyl (C=O) groups is 1. The van der Waals surface area contributed by atoms with E-state index >= 15 is 0 Å². The van der Waals surface area contributed by atoms with Crippen LogP contribution in [-0.4, -0.2) is 12.1 Å². The zero-order chi connectivity index (χ0) is 6.85. The molecule has 52 valence electrons. The Morgan fingerprint density at radius 3 is 2.67 bits per heavy atom. The van der Waals surface area contributed by atoms with Crippen LogP contribution in [0.1, 0.15) is 26.7 Å². The summed E-state index contributed by atoms with van der Waals surface area (Å²) in [6.45, 7) is 3.95. The maximum absolute atomic E-state index is 10.7. The van der Waals surface area contributed by atoms with E-state index in [-0.39, 0.29) is 18.0 Å². The van der Waals surface area contributed by atoms with Crippen LogP contribution >= 0.6 is 0 Å². The Labute approximate surface area is 55.2 Å². The SMILES string of the molecule is CC[C@@H]1C[C@H](C)C(=O)O1. The van der Waals surface area contributed by atoms with Crippen molar-refractivity contribution in [2.24, 2.45) is 5.92 Å². The minimum Gasteiger partial charge on any atom is -0.462 e. The lowest BCUT2D eigenvalue weighted by Crippen LogP contribution is -2.04. The number of carbonyl (C=O) groups excluding carboxylic acids is 1. The zero-order valence-electron chi connectivity index (χ0n) is 5.89. The summed E-state index contributed by atoms with van der Waals surface area (Å²) in [4.78, 5) is 10.7. The summed E-state index contributed by atoms with van der Waals surface area (Å²) in [7, 11) is 0. The van der Waals surface area contributed by atoms with Gasteiger partial charge in [-0.25, -0.2) is 0 Å². The summed E-state index contributed by atoms with van der Waals surface area (Å²) in [5.74, 6) is 0.108. The van der Waals surface area contributed by atoms with Gasteiger partial charge in [-0.2, -0.15) is 0 Å². The minimum atomic E-state index is -0.0261. The molecule has 0 aromatic carbocycles. The van der Waals surface area contributed by atoms with E-state index in [1.165, 1.54) is 0 Å². The van der Waals surface area contributed by atoms with Crippen LogP contribution in [0.15, 0.2) is 0 Å². The first-order valence-corrected chi connectivity index (χ1v) is 3.44. The molecule has 0 aliphatic carbocycles. The van der Waals surface area contributed by atoms with Crippen LogP contribution in [0.3, 0.4) is 0 Å². The van der Waals surface area contributed by atoms with Gasteiger partial charge < -0.3 is 4.74 Å². The van der Waals surface area contributed by atoms with Crippen molar-refractivity contribution in [1.82, 2.24) is 0 Å². The zero-order valence-corrected chi connectivity index (χ0v) is 5.89. The maximum atomic E-state index is 10.7. The van der Waals surface area contributed by atoms with Crippen LogP contribution in [0, 0.1) is 5.92 Å². The van der Waals surface area contributed by atoms with Crippen LogP contribution in [0.5, 0.6) is 0 Å². The fraction of sp³-hybridized carbons (Fsp3) is 0.857. The van der Waals surface area contributed by atoms with Crippen LogP contribution in [-0.2, 0) is 9.53 Å². The highest BCUT2D eigenvalue weighted by atomic mass is 16.5. The summed E-state index contributed by atoms with van der Waals surface area (Å²) in [6.07, 6.45) is 2.07. The van der Waals surface area contributed by atoms with Crippen LogP contribution in [0.25, 0.3) is 0 Å². The summed E-state index contributed by atoms with van der Waals surface area (Å²) in [6, 6.07) is 0. The summed E-state index contributed by atoms with van der Waals surface area (Å²) in [5, 5.41) is 0. The van der Waals surface area contributed by atoms with Gasteiger partial charge in [0.15, 0.2) is 0 Å². The van der Waals surface area contributed by atoms with Crippen molar-refractivity contribution in [3.63, 3.8) is 0 Å². The highest BCUT2D eigenvalue weighted by molar-refractivity contribution is 5.74. The average molecular weight is 128 g/mol. The molecule has 0 N–H and O–H groups in total. The normalized spacial score (nSPS) is 34.7. The van der Waals surface area contributed by atoms with Crippen molar-refractivity contribution >= 4 is 5.97 Å². The molecule has 0 amide bonds. The number of hydrogen-bond donors (Lipinski definition) is 0. The molecule has 0 unspecified atom stereocenters. The Morgan fingerprint density at radius 2 is 2.44 bits per heavy atom. The largest absolute Gasteiger partial charge is 0.462 e. The number of ether oxygens (including phenoxy) is 1. The topological polar surface area (TPSA) is 26.3 Å². The molecule has 2 nitrogen and oxygen atoms in total. The lowest BCUT2D eigenvalue weighted by atomic mass is 10.1. The van der Waals surface area contributed by atoms with Gasteiger partial charge in [0.25, 0.3) is 0 Å². The molecule has 0 bridgehead atoms. The van der Waals surface area contributed by atoms with Gasteiger partial charge in [0.05, 0.1) is 5.92 Å². The van der Waals surface area contributed by atoms with Gasteiger partial charge in [-0.15, -0.1) is 0 Å². The van der Waals surface area contributed by atoms with Gasteiger partial charge in [-0.3, -0.25) is 4.79 Å². The molecule has 1 rings (SSSR count). The van der Waals surface area contributed by atoms with Gasteiger partial charge in [-0.1, -0.05) is 13.8 Å². The highest BCUT2D eigenvalue weighted by Gasteiger charge is 2.29. The Bertz CT molecular complexity index is 120. The fourth-order valence-corrected chi connectivity index (χ4v) is 1.07. The van der Waals surface area contributed by atoms with E-state index in [0.717, 1.165) is 12.8 Å². The molecule has 2 heteroatoms. The van der Waals surface area contributed by atoms with Crippen molar-refractivity contribution in [2.75, 3.05) is 0 Å². The molecular weight excluding hydrogens is 116 g/mol. The molecule has 1 heterocycles. The van der Waals surface area contributed by atoms with Gasteiger partial charge in [-0.05, 0) is 12.8 Å². The van der Waals surface area contributed by atoms with E-state index in [1.807, 2.05) is 13.8 Å². The molecule has 1 aliphatic rings. The first-order valence-electron chi connectivity index (χ1n) is 3.44. The molecule has 1 saturated heterocycles. The summed E-state index contributed by atoms with van der Waals surface area (Å²) in [5.41, 5.74) is 0. The van der Waals surface area contributed by atoms with Gasteiger partial charge in [0.1, 0.15) is 6.10 Å². The van der Waals surface area contributed by atoms with Crippen molar-refractivity contribution in [2.45, 2.75) is 32.8 Å². The van der Waals surface area contributed by atoms with E-state index in [0.29, 0.717) is 0 Å². The third-order valence-electron chi connectivity index (χ3n) is 1.76. The van der Waals surface area contributed by atoms with Crippen LogP contribution in [0.2, 0.25) is 0 Å². The molecule has 0 saturated carbocycles. The third-order valence-corrected chi connectivity index (χ3v) is 1.76.